The molecule has 0 fully saturated rings. The van der Waals surface area contributed by atoms with Crippen LogP contribution in [-0.2, 0) is 6.54 Å². The van der Waals surface area contributed by atoms with Crippen molar-refractivity contribution < 1.29 is 10.4 Å². The average Bonchev–Trinajstić information content (AvgIpc) is 2.73. The van der Waals surface area contributed by atoms with Crippen molar-refractivity contribution in [2.24, 2.45) is 10.1 Å². The molecule has 0 radical (unpaired) electrons. The van der Waals surface area contributed by atoms with Gasteiger partial charge in [0.15, 0.2) is 11.5 Å². The van der Waals surface area contributed by atoms with Crippen molar-refractivity contribution in [3.63, 3.8) is 0 Å². The minimum atomic E-state index is 0.101. The number of amidine groups is 1. The number of hydrogen-bond donors (Lipinski definition) is 3. The molecule has 26 heavy (non-hydrogen) atoms. The van der Waals surface area contributed by atoms with Gasteiger partial charge in [-0.25, -0.2) is 0 Å². The van der Waals surface area contributed by atoms with Crippen molar-refractivity contribution in [1.82, 2.24) is 5.48 Å². The fourth-order valence-electron chi connectivity index (χ4n) is 2.61. The van der Waals surface area contributed by atoms with Gasteiger partial charge in [0.25, 0.3) is 0 Å². The number of oxime groups is 1. The molecule has 3 rings (SSSR count). The first-order chi connectivity index (χ1) is 12.8. The first-order valence-electron chi connectivity index (χ1n) is 8.18. The fourth-order valence-corrected chi connectivity index (χ4v) is 2.61. The van der Waals surface area contributed by atoms with Crippen LogP contribution in [0.15, 0.2) is 95.1 Å². The Labute approximate surface area is 151 Å². The standard InChI is InChI=1S/C21H19N3O2/c25-23-20(21(24-26)22-15-16-7-3-1-4-8-16)19-13-11-18(12-14-19)17-9-5-2-6-10-17/h1-14,25-26H,15H2,(H,22,24)/b23-20+. The Kier molecular flexibility index (Phi) is 5.75. The van der Waals surface area contributed by atoms with E-state index in [1.54, 1.807) is 0 Å². The largest absolute Gasteiger partial charge is 0.410 e. The fraction of sp³-hybridized carbons (Fsp3) is 0.0476. The SMILES string of the molecule is O/N=C(/C(=NCc1ccccc1)NO)c1ccc(-c2ccccc2)cc1. The highest BCUT2D eigenvalue weighted by molar-refractivity contribution is 6.47. The van der Waals surface area contributed by atoms with Crippen LogP contribution >= 0.6 is 0 Å². The van der Waals surface area contributed by atoms with E-state index in [0.29, 0.717) is 12.1 Å². The third-order valence-corrected chi connectivity index (χ3v) is 3.96. The molecule has 0 atom stereocenters. The summed E-state index contributed by atoms with van der Waals surface area (Å²) in [6, 6.07) is 27.1. The van der Waals surface area contributed by atoms with E-state index in [-0.39, 0.29) is 11.5 Å². The number of rotatable bonds is 5. The monoisotopic (exact) mass is 345 g/mol. The van der Waals surface area contributed by atoms with Gasteiger partial charge < -0.3 is 5.21 Å². The Morgan fingerprint density at radius 1 is 0.769 bits per heavy atom. The summed E-state index contributed by atoms with van der Waals surface area (Å²) in [5.74, 6) is 0.101. The predicted octanol–water partition coefficient (Wildman–Crippen LogP) is 4.11. The quantitative estimate of drug-likeness (QED) is 0.282. The zero-order valence-corrected chi connectivity index (χ0v) is 14.1. The highest BCUT2D eigenvalue weighted by Crippen LogP contribution is 2.19. The van der Waals surface area contributed by atoms with E-state index >= 15 is 0 Å². The van der Waals surface area contributed by atoms with Crippen LogP contribution in [0.4, 0.5) is 0 Å². The van der Waals surface area contributed by atoms with E-state index in [2.05, 4.69) is 10.1 Å². The first-order valence-corrected chi connectivity index (χ1v) is 8.18. The molecule has 130 valence electrons. The molecule has 0 saturated heterocycles. The molecule has 3 aromatic rings. The molecule has 0 heterocycles. The minimum absolute atomic E-state index is 0.101. The van der Waals surface area contributed by atoms with Crippen molar-refractivity contribution in [1.29, 1.82) is 0 Å². The normalized spacial score (nSPS) is 12.0. The van der Waals surface area contributed by atoms with Crippen LogP contribution < -0.4 is 5.48 Å². The Balaban J connectivity index is 1.83. The zero-order valence-electron chi connectivity index (χ0n) is 14.1. The number of hydrogen-bond acceptors (Lipinski definition) is 4. The molecule has 0 bridgehead atoms. The van der Waals surface area contributed by atoms with E-state index in [1.165, 1.54) is 0 Å². The molecule has 0 unspecified atom stereocenters. The number of aliphatic imine (C=N–C) groups is 1. The highest BCUT2D eigenvalue weighted by atomic mass is 16.5. The van der Waals surface area contributed by atoms with E-state index in [9.17, 15) is 10.4 Å². The molecule has 5 nitrogen and oxygen atoms in total. The van der Waals surface area contributed by atoms with Gasteiger partial charge in [-0.05, 0) is 16.7 Å². The average molecular weight is 345 g/mol. The van der Waals surface area contributed by atoms with Gasteiger partial charge in [0.1, 0.15) is 0 Å². The Hall–Kier alpha value is -3.44. The summed E-state index contributed by atoms with van der Waals surface area (Å²) in [7, 11) is 0. The summed E-state index contributed by atoms with van der Waals surface area (Å²) < 4.78 is 0. The molecule has 0 amide bonds. The third-order valence-electron chi connectivity index (χ3n) is 3.96. The summed E-state index contributed by atoms with van der Waals surface area (Å²) >= 11 is 0. The summed E-state index contributed by atoms with van der Waals surface area (Å²) in [4.78, 5) is 4.31. The maximum atomic E-state index is 9.43. The van der Waals surface area contributed by atoms with Crippen molar-refractivity contribution in [2.45, 2.75) is 6.54 Å². The van der Waals surface area contributed by atoms with Crippen LogP contribution in [0.3, 0.4) is 0 Å². The molecule has 3 N–H and O–H groups in total. The summed E-state index contributed by atoms with van der Waals surface area (Å²) in [6.45, 7) is 0.352. The molecule has 3 aromatic carbocycles. The van der Waals surface area contributed by atoms with Crippen LogP contribution in [0.5, 0.6) is 0 Å². The van der Waals surface area contributed by atoms with Gasteiger partial charge in [0, 0.05) is 5.56 Å². The Morgan fingerprint density at radius 3 is 1.92 bits per heavy atom. The minimum Gasteiger partial charge on any atom is -0.410 e. The number of benzene rings is 3. The lowest BCUT2D eigenvalue weighted by Gasteiger charge is -2.09. The van der Waals surface area contributed by atoms with Gasteiger partial charge in [-0.2, -0.15) is 0 Å². The second kappa shape index (κ2) is 8.60. The zero-order chi connectivity index (χ0) is 18.2. The van der Waals surface area contributed by atoms with Crippen molar-refractivity contribution in [2.75, 3.05) is 0 Å². The number of nitrogens with one attached hydrogen (secondary N) is 1. The molecule has 5 heteroatoms. The van der Waals surface area contributed by atoms with E-state index in [1.807, 2.05) is 90.4 Å². The van der Waals surface area contributed by atoms with Gasteiger partial charge >= 0.3 is 0 Å². The van der Waals surface area contributed by atoms with Crippen LogP contribution in [0.25, 0.3) is 11.1 Å². The maximum absolute atomic E-state index is 9.43. The van der Waals surface area contributed by atoms with Crippen LogP contribution in [-0.4, -0.2) is 22.0 Å². The molecule has 0 spiro atoms. The molecule has 0 aliphatic carbocycles. The smallest absolute Gasteiger partial charge is 0.175 e. The topological polar surface area (TPSA) is 77.2 Å². The van der Waals surface area contributed by atoms with Crippen molar-refractivity contribution in [3.05, 3.63) is 96.1 Å². The molecule has 0 aliphatic rings. The molecule has 0 saturated carbocycles. The lowest BCUT2D eigenvalue weighted by atomic mass is 10.0. The highest BCUT2D eigenvalue weighted by Gasteiger charge is 2.12. The summed E-state index contributed by atoms with van der Waals surface area (Å²) in [6.07, 6.45) is 0. The molecular weight excluding hydrogens is 326 g/mol. The van der Waals surface area contributed by atoms with Crippen LogP contribution in [0.1, 0.15) is 11.1 Å². The Morgan fingerprint density at radius 2 is 1.35 bits per heavy atom. The second-order valence-corrected chi connectivity index (χ2v) is 5.65. The lowest BCUT2D eigenvalue weighted by Crippen LogP contribution is -2.29. The van der Waals surface area contributed by atoms with Gasteiger partial charge in [-0.3, -0.25) is 15.7 Å². The van der Waals surface area contributed by atoms with E-state index < -0.39 is 0 Å². The number of nitrogens with zero attached hydrogens (tertiary/aromatic N) is 2. The van der Waals surface area contributed by atoms with Gasteiger partial charge in [-0.1, -0.05) is 90.1 Å². The van der Waals surface area contributed by atoms with Crippen molar-refractivity contribution in [3.8, 4) is 11.1 Å². The van der Waals surface area contributed by atoms with Gasteiger partial charge in [0.05, 0.1) is 6.54 Å². The number of hydroxylamine groups is 1. The Bertz CT molecular complexity index is 890. The van der Waals surface area contributed by atoms with Crippen molar-refractivity contribution >= 4 is 11.5 Å². The lowest BCUT2D eigenvalue weighted by molar-refractivity contribution is 0.235. The maximum Gasteiger partial charge on any atom is 0.175 e. The molecule has 0 aromatic heterocycles. The van der Waals surface area contributed by atoms with Gasteiger partial charge in [-0.15, -0.1) is 0 Å². The van der Waals surface area contributed by atoms with Gasteiger partial charge in [0.2, 0.25) is 0 Å². The predicted molar refractivity (Wildman–Crippen MR) is 103 cm³/mol. The third kappa shape index (κ3) is 4.15. The second-order valence-electron chi connectivity index (χ2n) is 5.65. The van der Waals surface area contributed by atoms with Crippen LogP contribution in [0.2, 0.25) is 0 Å². The summed E-state index contributed by atoms with van der Waals surface area (Å²) in [5, 5.41) is 22.2. The summed E-state index contributed by atoms with van der Waals surface area (Å²) in [5.41, 5.74) is 5.96. The van der Waals surface area contributed by atoms with E-state index in [4.69, 9.17) is 0 Å². The molecular formula is C21H19N3O2. The molecule has 0 aliphatic heterocycles. The van der Waals surface area contributed by atoms with Crippen LogP contribution in [0, 0.1) is 0 Å². The first kappa shape index (κ1) is 17.4. The van der Waals surface area contributed by atoms with E-state index in [0.717, 1.165) is 16.7 Å².